The fraction of sp³-hybridized carbons (Fsp3) is 0.353. The molecule has 0 aliphatic carbocycles. The number of hydrogen-bond acceptors (Lipinski definition) is 1. The van der Waals surface area contributed by atoms with Crippen molar-refractivity contribution in [1.29, 1.82) is 0 Å². The van der Waals surface area contributed by atoms with E-state index >= 15 is 0 Å². The molecule has 1 heterocycles. The lowest BCUT2D eigenvalue weighted by molar-refractivity contribution is 0.0951. The zero-order chi connectivity index (χ0) is 14.9. The van der Waals surface area contributed by atoms with Gasteiger partial charge in [-0.15, -0.1) is 0 Å². The summed E-state index contributed by atoms with van der Waals surface area (Å²) >= 11 is 0. The van der Waals surface area contributed by atoms with Crippen LogP contribution in [0.5, 0.6) is 0 Å². The Bertz CT molecular complexity index is 653. The van der Waals surface area contributed by atoms with Crippen LogP contribution in [0.4, 0.5) is 0 Å². The number of aryl methyl sites for hydroxylation is 3. The number of hydrogen-bond donors (Lipinski definition) is 1. The second kappa shape index (κ2) is 5.53. The van der Waals surface area contributed by atoms with Crippen molar-refractivity contribution in [3.05, 3.63) is 57.9 Å². The molecule has 3 nitrogen and oxygen atoms in total. The average Bonchev–Trinajstić information content (AvgIpc) is 2.66. The van der Waals surface area contributed by atoms with Gasteiger partial charge in [0.2, 0.25) is 0 Å². The molecule has 1 aromatic heterocycles. The van der Waals surface area contributed by atoms with Gasteiger partial charge in [0.05, 0.1) is 0 Å². The van der Waals surface area contributed by atoms with Crippen molar-refractivity contribution in [1.82, 2.24) is 9.88 Å². The Kier molecular flexibility index (Phi) is 3.98. The highest BCUT2D eigenvalue weighted by atomic mass is 16.1. The Morgan fingerprint density at radius 2 is 1.80 bits per heavy atom. The Labute approximate surface area is 120 Å². The van der Waals surface area contributed by atoms with Gasteiger partial charge in [-0.3, -0.25) is 4.79 Å². The van der Waals surface area contributed by atoms with Crippen LogP contribution in [-0.2, 0) is 13.6 Å². The van der Waals surface area contributed by atoms with Crippen molar-refractivity contribution < 1.29 is 4.79 Å². The lowest BCUT2D eigenvalue weighted by Crippen LogP contribution is -2.23. The summed E-state index contributed by atoms with van der Waals surface area (Å²) in [4.78, 5) is 12.2. The number of benzene rings is 1. The third-order valence-electron chi connectivity index (χ3n) is 4.09. The van der Waals surface area contributed by atoms with Crippen molar-refractivity contribution in [2.45, 2.75) is 34.2 Å². The Hall–Kier alpha value is -2.03. The maximum absolute atomic E-state index is 12.2. The fourth-order valence-corrected chi connectivity index (χ4v) is 2.27. The first-order valence-corrected chi connectivity index (χ1v) is 6.87. The number of amides is 1. The minimum absolute atomic E-state index is 0.0194. The van der Waals surface area contributed by atoms with Gasteiger partial charge < -0.3 is 9.88 Å². The summed E-state index contributed by atoms with van der Waals surface area (Å²) in [6.45, 7) is 8.79. The van der Waals surface area contributed by atoms with Crippen LogP contribution in [0.2, 0.25) is 0 Å². The summed E-state index contributed by atoms with van der Waals surface area (Å²) in [7, 11) is 2.04. The van der Waals surface area contributed by atoms with E-state index in [1.165, 1.54) is 22.5 Å². The second-order valence-electron chi connectivity index (χ2n) is 5.44. The normalized spacial score (nSPS) is 10.7. The van der Waals surface area contributed by atoms with Crippen LogP contribution >= 0.6 is 0 Å². The quantitative estimate of drug-likeness (QED) is 0.913. The molecule has 1 N–H and O–H groups in total. The van der Waals surface area contributed by atoms with Gasteiger partial charge >= 0.3 is 0 Å². The van der Waals surface area contributed by atoms with E-state index in [-0.39, 0.29) is 5.91 Å². The molecule has 106 valence electrons. The molecule has 20 heavy (non-hydrogen) atoms. The molecule has 0 radical (unpaired) electrons. The van der Waals surface area contributed by atoms with Crippen molar-refractivity contribution in [2.24, 2.45) is 7.05 Å². The molecule has 3 heteroatoms. The average molecular weight is 270 g/mol. The molecule has 1 aromatic carbocycles. The highest BCUT2D eigenvalue weighted by Gasteiger charge is 2.09. The molecule has 0 aliphatic rings. The van der Waals surface area contributed by atoms with Gasteiger partial charge in [-0.05, 0) is 62.6 Å². The molecular formula is C17H22N2O. The third-order valence-corrected chi connectivity index (χ3v) is 4.09. The summed E-state index contributed by atoms with van der Waals surface area (Å²) in [5.74, 6) is -0.0194. The minimum Gasteiger partial charge on any atom is -0.352 e. The Morgan fingerprint density at radius 3 is 2.35 bits per heavy atom. The number of nitrogens with zero attached hydrogens (tertiary/aromatic N) is 1. The standard InChI is InChI=1S/C17H22N2O/c1-11-6-7-15(8-12(11)2)17(20)18-10-16-9-13(3)19(5)14(16)4/h6-9H,10H2,1-5H3,(H,18,20). The topological polar surface area (TPSA) is 34.0 Å². The van der Waals surface area contributed by atoms with Crippen molar-refractivity contribution in [3.8, 4) is 0 Å². The first kappa shape index (κ1) is 14.4. The van der Waals surface area contributed by atoms with Crippen molar-refractivity contribution >= 4 is 5.91 Å². The molecule has 0 fully saturated rings. The molecule has 2 rings (SSSR count). The lowest BCUT2D eigenvalue weighted by atomic mass is 10.1. The molecule has 0 bridgehead atoms. The van der Waals surface area contributed by atoms with Gasteiger partial charge in [0, 0.05) is 30.5 Å². The van der Waals surface area contributed by atoms with E-state index in [0.29, 0.717) is 6.54 Å². The van der Waals surface area contributed by atoms with Crippen LogP contribution < -0.4 is 5.32 Å². The van der Waals surface area contributed by atoms with E-state index in [4.69, 9.17) is 0 Å². The predicted octanol–water partition coefficient (Wildman–Crippen LogP) is 3.19. The molecule has 0 saturated carbocycles. The predicted molar refractivity (Wildman–Crippen MR) is 82.0 cm³/mol. The first-order chi connectivity index (χ1) is 9.40. The first-order valence-electron chi connectivity index (χ1n) is 6.87. The highest BCUT2D eigenvalue weighted by molar-refractivity contribution is 5.94. The van der Waals surface area contributed by atoms with Gasteiger partial charge in [-0.1, -0.05) is 6.07 Å². The largest absolute Gasteiger partial charge is 0.352 e. The van der Waals surface area contributed by atoms with E-state index in [2.05, 4.69) is 29.8 Å². The van der Waals surface area contributed by atoms with Gasteiger partial charge in [0.15, 0.2) is 0 Å². The Balaban J connectivity index is 2.08. The van der Waals surface area contributed by atoms with Gasteiger partial charge in [0.25, 0.3) is 5.91 Å². The van der Waals surface area contributed by atoms with Crippen LogP contribution in [0.1, 0.15) is 38.4 Å². The van der Waals surface area contributed by atoms with Crippen molar-refractivity contribution in [3.63, 3.8) is 0 Å². The molecule has 2 aromatic rings. The molecule has 0 unspecified atom stereocenters. The number of nitrogens with one attached hydrogen (secondary N) is 1. The molecule has 0 saturated heterocycles. The zero-order valence-electron chi connectivity index (χ0n) is 12.9. The monoisotopic (exact) mass is 270 g/mol. The summed E-state index contributed by atoms with van der Waals surface area (Å²) in [6.07, 6.45) is 0. The van der Waals surface area contributed by atoms with Gasteiger partial charge in [-0.25, -0.2) is 0 Å². The summed E-state index contributed by atoms with van der Waals surface area (Å²) in [5, 5.41) is 2.99. The van der Waals surface area contributed by atoms with Crippen LogP contribution in [0.15, 0.2) is 24.3 Å². The van der Waals surface area contributed by atoms with E-state index in [0.717, 1.165) is 11.1 Å². The van der Waals surface area contributed by atoms with E-state index in [1.807, 2.05) is 39.1 Å². The fourth-order valence-electron chi connectivity index (χ4n) is 2.27. The van der Waals surface area contributed by atoms with E-state index in [9.17, 15) is 4.79 Å². The Morgan fingerprint density at radius 1 is 1.10 bits per heavy atom. The molecule has 1 amide bonds. The van der Waals surface area contributed by atoms with E-state index < -0.39 is 0 Å². The molecule has 0 atom stereocenters. The van der Waals surface area contributed by atoms with Gasteiger partial charge in [0.1, 0.15) is 0 Å². The molecule has 0 aliphatic heterocycles. The zero-order valence-corrected chi connectivity index (χ0v) is 12.9. The smallest absolute Gasteiger partial charge is 0.251 e. The third kappa shape index (κ3) is 2.77. The minimum atomic E-state index is -0.0194. The summed E-state index contributed by atoms with van der Waals surface area (Å²) < 4.78 is 2.14. The van der Waals surface area contributed by atoms with Gasteiger partial charge in [-0.2, -0.15) is 0 Å². The van der Waals surface area contributed by atoms with Crippen LogP contribution in [-0.4, -0.2) is 10.5 Å². The number of rotatable bonds is 3. The van der Waals surface area contributed by atoms with Crippen LogP contribution in [0.3, 0.4) is 0 Å². The number of carbonyl (C=O) groups excluding carboxylic acids is 1. The second-order valence-corrected chi connectivity index (χ2v) is 5.44. The molecule has 0 spiro atoms. The SMILES string of the molecule is Cc1ccc(C(=O)NCc2cc(C)n(C)c2C)cc1C. The van der Waals surface area contributed by atoms with E-state index in [1.54, 1.807) is 0 Å². The maximum atomic E-state index is 12.2. The highest BCUT2D eigenvalue weighted by Crippen LogP contribution is 2.14. The summed E-state index contributed by atoms with van der Waals surface area (Å²) in [6, 6.07) is 7.92. The molecular weight excluding hydrogens is 248 g/mol. The van der Waals surface area contributed by atoms with Crippen molar-refractivity contribution in [2.75, 3.05) is 0 Å². The number of carbonyl (C=O) groups is 1. The van der Waals surface area contributed by atoms with Crippen LogP contribution in [0, 0.1) is 27.7 Å². The number of aromatic nitrogens is 1. The van der Waals surface area contributed by atoms with Crippen LogP contribution in [0.25, 0.3) is 0 Å². The summed E-state index contributed by atoms with van der Waals surface area (Å²) in [5.41, 5.74) is 6.64. The maximum Gasteiger partial charge on any atom is 0.251 e. The lowest BCUT2D eigenvalue weighted by Gasteiger charge is -2.07.